The van der Waals surface area contributed by atoms with Crippen LogP contribution in [0.1, 0.15) is 32.2 Å². The maximum atomic E-state index is 13.5. The Bertz CT molecular complexity index is 1310. The maximum Gasteiger partial charge on any atom is 0.263 e. The number of benzene rings is 2. The molecule has 188 valence electrons. The number of rotatable bonds is 9. The topological polar surface area (TPSA) is 120 Å². The van der Waals surface area contributed by atoms with E-state index in [9.17, 15) is 13.5 Å². The minimum atomic E-state index is -4.10. The minimum Gasteiger partial charge on any atom is -0.497 e. The van der Waals surface area contributed by atoms with E-state index in [0.29, 0.717) is 11.3 Å². The molecule has 0 aliphatic carbocycles. The Kier molecular flexibility index (Phi) is 8.09. The van der Waals surface area contributed by atoms with Gasteiger partial charge in [-0.3, -0.25) is 4.72 Å². The van der Waals surface area contributed by atoms with E-state index in [1.54, 1.807) is 37.3 Å². The van der Waals surface area contributed by atoms with Crippen LogP contribution in [-0.4, -0.2) is 43.8 Å². The molecule has 0 radical (unpaired) electrons. The molecule has 1 heterocycles. The van der Waals surface area contributed by atoms with Gasteiger partial charge >= 0.3 is 0 Å². The van der Waals surface area contributed by atoms with Gasteiger partial charge in [0.1, 0.15) is 23.9 Å². The number of halogens is 1. The summed E-state index contributed by atoms with van der Waals surface area (Å²) in [5, 5.41) is 9.48. The summed E-state index contributed by atoms with van der Waals surface area (Å²) in [6, 6.07) is 11.5. The molecule has 35 heavy (non-hydrogen) atoms. The number of aliphatic hydroxyl groups is 1. The molecule has 0 unspecified atom stereocenters. The lowest BCUT2D eigenvalue weighted by molar-refractivity contribution is 0.192. The molecule has 3 aromatic rings. The van der Waals surface area contributed by atoms with Crippen LogP contribution in [0.25, 0.3) is 0 Å². The van der Waals surface area contributed by atoms with Crippen molar-refractivity contribution in [1.29, 1.82) is 0 Å². The number of hydrogen-bond acceptors (Lipinski definition) is 8. The number of ether oxygens (including phenoxy) is 3. The van der Waals surface area contributed by atoms with Crippen molar-refractivity contribution in [2.24, 2.45) is 0 Å². The van der Waals surface area contributed by atoms with Gasteiger partial charge in [-0.2, -0.15) is 4.98 Å². The summed E-state index contributed by atoms with van der Waals surface area (Å²) >= 11 is 6.30. The van der Waals surface area contributed by atoms with Gasteiger partial charge < -0.3 is 19.3 Å². The Labute approximate surface area is 210 Å². The fourth-order valence-corrected chi connectivity index (χ4v) is 4.82. The smallest absolute Gasteiger partial charge is 0.263 e. The molecule has 1 aromatic heterocycles. The van der Waals surface area contributed by atoms with E-state index in [1.165, 1.54) is 19.2 Å². The van der Waals surface area contributed by atoms with Crippen molar-refractivity contribution in [3.05, 3.63) is 58.9 Å². The summed E-state index contributed by atoms with van der Waals surface area (Å²) in [4.78, 5) is 8.59. The van der Waals surface area contributed by atoms with E-state index in [-0.39, 0.29) is 52.2 Å². The van der Waals surface area contributed by atoms with Crippen molar-refractivity contribution < 1.29 is 27.7 Å². The molecule has 3 rings (SSSR count). The third-order valence-electron chi connectivity index (χ3n) is 4.84. The summed E-state index contributed by atoms with van der Waals surface area (Å²) in [5.41, 5.74) is 0.198. The second kappa shape index (κ2) is 10.7. The SMILES string of the molecule is COc1ccc(Cl)c(Oc2c(NS(=O)(=O)c3ccccc3C(C)(C)C)nc(C)nc2OCCO)c1. The number of nitrogens with zero attached hydrogens (tertiary/aromatic N) is 2. The molecule has 0 saturated carbocycles. The van der Waals surface area contributed by atoms with Gasteiger partial charge in [-0.1, -0.05) is 50.6 Å². The largest absolute Gasteiger partial charge is 0.497 e. The highest BCUT2D eigenvalue weighted by Crippen LogP contribution is 2.41. The number of anilines is 1. The van der Waals surface area contributed by atoms with Crippen LogP contribution < -0.4 is 18.9 Å². The molecule has 0 aliphatic rings. The standard InChI is InChI=1S/C24H28ClN3O6S/c1-15-26-22(28-35(30,31)20-9-7-6-8-17(20)24(2,3)4)21(23(27-15)33-13-12-29)34-19-14-16(32-5)10-11-18(19)25/h6-11,14,29H,12-13H2,1-5H3,(H,26,27,28). The van der Waals surface area contributed by atoms with Crippen LogP contribution in [0.3, 0.4) is 0 Å². The summed E-state index contributed by atoms with van der Waals surface area (Å²) < 4.78 is 46.3. The first-order valence-electron chi connectivity index (χ1n) is 10.7. The molecule has 0 atom stereocenters. The van der Waals surface area contributed by atoms with Crippen LogP contribution in [-0.2, 0) is 15.4 Å². The average molecular weight is 522 g/mol. The van der Waals surface area contributed by atoms with Gasteiger partial charge in [0, 0.05) is 6.07 Å². The van der Waals surface area contributed by atoms with Crippen LogP contribution in [0, 0.1) is 6.92 Å². The molecular formula is C24H28ClN3O6S. The van der Waals surface area contributed by atoms with E-state index in [0.717, 1.165) is 0 Å². The van der Waals surface area contributed by atoms with Gasteiger partial charge in [0.25, 0.3) is 15.9 Å². The second-order valence-electron chi connectivity index (χ2n) is 8.58. The first-order valence-corrected chi connectivity index (χ1v) is 12.6. The predicted molar refractivity (Wildman–Crippen MR) is 133 cm³/mol. The Morgan fingerprint density at radius 2 is 1.83 bits per heavy atom. The molecule has 0 saturated heterocycles. The molecular weight excluding hydrogens is 494 g/mol. The summed E-state index contributed by atoms with van der Waals surface area (Å²) in [5.74, 6) is 0.541. The molecule has 11 heteroatoms. The fourth-order valence-electron chi connectivity index (χ4n) is 3.24. The Morgan fingerprint density at radius 3 is 2.49 bits per heavy atom. The van der Waals surface area contributed by atoms with Crippen molar-refractivity contribution in [3.63, 3.8) is 0 Å². The first kappa shape index (κ1) is 26.5. The molecule has 0 bridgehead atoms. The van der Waals surface area contributed by atoms with Crippen molar-refractivity contribution in [2.45, 2.75) is 38.0 Å². The van der Waals surface area contributed by atoms with E-state index >= 15 is 0 Å². The fraction of sp³-hybridized carbons (Fsp3) is 0.333. The van der Waals surface area contributed by atoms with Gasteiger partial charge in [0.05, 0.1) is 23.6 Å². The average Bonchev–Trinajstić information content (AvgIpc) is 2.80. The molecule has 2 aromatic carbocycles. The number of aryl methyl sites for hydroxylation is 1. The summed E-state index contributed by atoms with van der Waals surface area (Å²) in [6.07, 6.45) is 0. The molecule has 0 fully saturated rings. The van der Waals surface area contributed by atoms with E-state index in [1.807, 2.05) is 20.8 Å². The third-order valence-corrected chi connectivity index (χ3v) is 6.55. The van der Waals surface area contributed by atoms with Crippen molar-refractivity contribution in [2.75, 3.05) is 25.0 Å². The van der Waals surface area contributed by atoms with E-state index in [4.69, 9.17) is 25.8 Å². The normalized spacial score (nSPS) is 11.7. The zero-order valence-corrected chi connectivity index (χ0v) is 21.7. The van der Waals surface area contributed by atoms with Gasteiger partial charge in [0.2, 0.25) is 5.75 Å². The van der Waals surface area contributed by atoms with Crippen molar-refractivity contribution in [1.82, 2.24) is 9.97 Å². The van der Waals surface area contributed by atoms with Crippen LogP contribution in [0.4, 0.5) is 5.82 Å². The quantitative estimate of drug-likeness (QED) is 0.415. The number of aromatic nitrogens is 2. The number of nitrogens with one attached hydrogen (secondary N) is 1. The lowest BCUT2D eigenvalue weighted by atomic mass is 9.87. The van der Waals surface area contributed by atoms with Crippen molar-refractivity contribution >= 4 is 27.4 Å². The molecule has 2 N–H and O–H groups in total. The molecule has 0 aliphatic heterocycles. The highest BCUT2D eigenvalue weighted by molar-refractivity contribution is 7.92. The maximum absolute atomic E-state index is 13.5. The lowest BCUT2D eigenvalue weighted by Gasteiger charge is -2.23. The zero-order valence-electron chi connectivity index (χ0n) is 20.1. The zero-order chi connectivity index (χ0) is 25.8. The number of sulfonamides is 1. The van der Waals surface area contributed by atoms with Gasteiger partial charge in [-0.25, -0.2) is 13.4 Å². The third kappa shape index (κ3) is 6.33. The van der Waals surface area contributed by atoms with Crippen LogP contribution >= 0.6 is 11.6 Å². The van der Waals surface area contributed by atoms with E-state index < -0.39 is 15.4 Å². The van der Waals surface area contributed by atoms with Gasteiger partial charge in [-0.05, 0) is 36.1 Å². The van der Waals surface area contributed by atoms with Gasteiger partial charge in [0.15, 0.2) is 5.82 Å². The number of hydrogen-bond donors (Lipinski definition) is 2. The summed E-state index contributed by atoms with van der Waals surface area (Å²) in [7, 11) is -2.61. The van der Waals surface area contributed by atoms with Crippen LogP contribution in [0.2, 0.25) is 5.02 Å². The highest BCUT2D eigenvalue weighted by atomic mass is 35.5. The van der Waals surface area contributed by atoms with Crippen LogP contribution in [0.15, 0.2) is 47.4 Å². The highest BCUT2D eigenvalue weighted by Gasteiger charge is 2.28. The minimum absolute atomic E-state index is 0.0627. The Morgan fingerprint density at radius 1 is 1.11 bits per heavy atom. The van der Waals surface area contributed by atoms with Crippen LogP contribution in [0.5, 0.6) is 23.1 Å². The molecule has 0 amide bonds. The summed E-state index contributed by atoms with van der Waals surface area (Å²) in [6.45, 7) is 6.97. The van der Waals surface area contributed by atoms with Crippen molar-refractivity contribution in [3.8, 4) is 23.1 Å². The Hall–Kier alpha value is -3.08. The predicted octanol–water partition coefficient (Wildman–Crippen LogP) is 4.71. The number of aliphatic hydroxyl groups excluding tert-OH is 1. The molecule has 0 spiro atoms. The van der Waals surface area contributed by atoms with Gasteiger partial charge in [-0.15, -0.1) is 0 Å². The Balaban J connectivity index is 2.14. The lowest BCUT2D eigenvalue weighted by Crippen LogP contribution is -2.22. The second-order valence-corrected chi connectivity index (χ2v) is 10.6. The number of methoxy groups -OCH3 is 1. The monoisotopic (exact) mass is 521 g/mol. The molecule has 9 nitrogen and oxygen atoms in total. The van der Waals surface area contributed by atoms with E-state index in [2.05, 4.69) is 14.7 Å². The first-order chi connectivity index (χ1) is 16.5.